The molecule has 0 saturated heterocycles. The summed E-state index contributed by atoms with van der Waals surface area (Å²) in [7, 11) is 0. The number of nitrogens with zero attached hydrogens (tertiary/aromatic N) is 2. The van der Waals surface area contributed by atoms with Crippen molar-refractivity contribution in [3.8, 4) is 11.5 Å². The molecule has 0 saturated carbocycles. The average Bonchev–Trinajstić information content (AvgIpc) is 3.03. The molecule has 0 aliphatic rings. The predicted octanol–water partition coefficient (Wildman–Crippen LogP) is 4.36. The van der Waals surface area contributed by atoms with Crippen LogP contribution < -0.4 is 5.32 Å². The molecule has 2 aromatic carbocycles. The molecule has 0 fully saturated rings. The smallest absolute Gasteiger partial charge is 0.322 e. The van der Waals surface area contributed by atoms with Crippen molar-refractivity contribution in [3.05, 3.63) is 59.1 Å². The zero-order valence-electron chi connectivity index (χ0n) is 12.1. The Kier molecular flexibility index (Phi) is 4.64. The molecule has 1 heterocycles. The highest BCUT2D eigenvalue weighted by Crippen LogP contribution is 2.27. The van der Waals surface area contributed by atoms with Gasteiger partial charge in [0.1, 0.15) is 0 Å². The molecule has 116 valence electrons. The Bertz CT molecular complexity index is 833. The summed E-state index contributed by atoms with van der Waals surface area (Å²) in [4.78, 5) is 13.2. The number of anilines is 1. The third kappa shape index (κ3) is 3.55. The molecule has 0 aliphatic heterocycles. The van der Waals surface area contributed by atoms with E-state index in [9.17, 15) is 4.79 Å². The normalized spacial score (nSPS) is 10.5. The van der Waals surface area contributed by atoms with E-state index in [1.165, 1.54) is 0 Å². The Labute approximate surface area is 142 Å². The Balaban J connectivity index is 1.76. The number of amides is 1. The maximum absolute atomic E-state index is 12.2. The summed E-state index contributed by atoms with van der Waals surface area (Å²) < 4.78 is 5.44. The van der Waals surface area contributed by atoms with E-state index in [-0.39, 0.29) is 17.8 Å². The van der Waals surface area contributed by atoms with E-state index in [0.717, 1.165) is 4.90 Å². The summed E-state index contributed by atoms with van der Waals surface area (Å²) in [6, 6.07) is 14.4. The van der Waals surface area contributed by atoms with Gasteiger partial charge in [-0.1, -0.05) is 28.8 Å². The highest BCUT2D eigenvalue weighted by Gasteiger charge is 2.14. The van der Waals surface area contributed by atoms with Crippen LogP contribution in [0.15, 0.2) is 57.8 Å². The Morgan fingerprint density at radius 1 is 1.13 bits per heavy atom. The largest absolute Gasteiger partial charge is 0.403 e. The predicted molar refractivity (Wildman–Crippen MR) is 90.9 cm³/mol. The van der Waals surface area contributed by atoms with Crippen molar-refractivity contribution in [2.24, 2.45) is 0 Å². The number of hydrogen-bond donors (Lipinski definition) is 1. The standard InChI is InChI=1S/C16H12ClN3O2S/c1-23-11-8-6-10(7-9-11)14(21)18-16-20-19-15(22-16)12-4-2-3-5-13(12)17/h2-9H,1H3,(H,18,20,21). The van der Waals surface area contributed by atoms with Crippen molar-refractivity contribution in [2.45, 2.75) is 4.90 Å². The van der Waals surface area contributed by atoms with E-state index in [2.05, 4.69) is 15.5 Å². The van der Waals surface area contributed by atoms with E-state index in [1.807, 2.05) is 30.5 Å². The number of thioether (sulfide) groups is 1. The van der Waals surface area contributed by atoms with Gasteiger partial charge in [0, 0.05) is 10.5 Å². The lowest BCUT2D eigenvalue weighted by atomic mass is 10.2. The molecule has 0 spiro atoms. The van der Waals surface area contributed by atoms with Crippen LogP contribution in [0.5, 0.6) is 0 Å². The second-order valence-corrected chi connectivity index (χ2v) is 5.86. The van der Waals surface area contributed by atoms with Crippen LogP contribution in [0.4, 0.5) is 6.01 Å². The van der Waals surface area contributed by atoms with Gasteiger partial charge in [-0.05, 0) is 42.7 Å². The van der Waals surface area contributed by atoms with Crippen LogP contribution in [0.25, 0.3) is 11.5 Å². The number of carbonyl (C=O) groups excluding carboxylic acids is 1. The molecule has 5 nitrogen and oxygen atoms in total. The molecule has 3 aromatic rings. The number of hydrogen-bond acceptors (Lipinski definition) is 5. The molecule has 0 aliphatic carbocycles. The van der Waals surface area contributed by atoms with Crippen molar-refractivity contribution in [2.75, 3.05) is 11.6 Å². The molecule has 3 rings (SSSR count). The van der Waals surface area contributed by atoms with Gasteiger partial charge >= 0.3 is 6.01 Å². The number of halogens is 1. The molecule has 0 bridgehead atoms. The topological polar surface area (TPSA) is 68.0 Å². The summed E-state index contributed by atoms with van der Waals surface area (Å²) in [6.07, 6.45) is 1.98. The first kappa shape index (κ1) is 15.6. The molecular weight excluding hydrogens is 334 g/mol. The fourth-order valence-electron chi connectivity index (χ4n) is 1.93. The van der Waals surface area contributed by atoms with Gasteiger partial charge < -0.3 is 4.42 Å². The van der Waals surface area contributed by atoms with Crippen molar-refractivity contribution in [3.63, 3.8) is 0 Å². The molecule has 0 atom stereocenters. The van der Waals surface area contributed by atoms with Crippen LogP contribution in [-0.2, 0) is 0 Å². The van der Waals surface area contributed by atoms with Gasteiger partial charge in [0.2, 0.25) is 0 Å². The summed E-state index contributed by atoms with van der Waals surface area (Å²) >= 11 is 7.69. The first-order valence-corrected chi connectivity index (χ1v) is 8.31. The fourth-order valence-corrected chi connectivity index (χ4v) is 2.55. The lowest BCUT2D eigenvalue weighted by Crippen LogP contribution is -2.11. The van der Waals surface area contributed by atoms with Gasteiger partial charge in [-0.25, -0.2) is 0 Å². The van der Waals surface area contributed by atoms with Crippen LogP contribution in [0.2, 0.25) is 5.02 Å². The second-order valence-electron chi connectivity index (χ2n) is 4.57. The SMILES string of the molecule is CSc1ccc(C(=O)Nc2nnc(-c3ccccc3Cl)o2)cc1. The lowest BCUT2D eigenvalue weighted by molar-refractivity contribution is 0.102. The number of carbonyl (C=O) groups is 1. The Morgan fingerprint density at radius 3 is 2.57 bits per heavy atom. The van der Waals surface area contributed by atoms with E-state index >= 15 is 0 Å². The fraction of sp³-hybridized carbons (Fsp3) is 0.0625. The molecule has 23 heavy (non-hydrogen) atoms. The third-order valence-electron chi connectivity index (χ3n) is 3.10. The lowest BCUT2D eigenvalue weighted by Gasteiger charge is -2.01. The number of benzene rings is 2. The van der Waals surface area contributed by atoms with Gasteiger partial charge in [0.15, 0.2) is 0 Å². The number of nitrogens with one attached hydrogen (secondary N) is 1. The first-order valence-electron chi connectivity index (χ1n) is 6.71. The van der Waals surface area contributed by atoms with Crippen molar-refractivity contribution < 1.29 is 9.21 Å². The maximum Gasteiger partial charge on any atom is 0.322 e. The maximum atomic E-state index is 12.2. The van der Waals surface area contributed by atoms with Crippen molar-refractivity contribution in [1.82, 2.24) is 10.2 Å². The first-order chi connectivity index (χ1) is 11.2. The van der Waals surface area contributed by atoms with Gasteiger partial charge in [-0.3, -0.25) is 10.1 Å². The van der Waals surface area contributed by atoms with Gasteiger partial charge in [-0.2, -0.15) is 0 Å². The minimum absolute atomic E-state index is 0.0267. The van der Waals surface area contributed by atoms with Crippen LogP contribution in [0.1, 0.15) is 10.4 Å². The monoisotopic (exact) mass is 345 g/mol. The van der Waals surface area contributed by atoms with Crippen LogP contribution in [-0.4, -0.2) is 22.4 Å². The highest BCUT2D eigenvalue weighted by atomic mass is 35.5. The molecule has 0 unspecified atom stereocenters. The van der Waals surface area contributed by atoms with Crippen molar-refractivity contribution >= 4 is 35.3 Å². The number of rotatable bonds is 4. The van der Waals surface area contributed by atoms with Gasteiger partial charge in [-0.15, -0.1) is 16.9 Å². The van der Waals surface area contributed by atoms with E-state index in [0.29, 0.717) is 16.1 Å². The van der Waals surface area contributed by atoms with E-state index in [4.69, 9.17) is 16.0 Å². The van der Waals surface area contributed by atoms with Gasteiger partial charge in [0.25, 0.3) is 11.8 Å². The highest BCUT2D eigenvalue weighted by molar-refractivity contribution is 7.98. The molecule has 1 amide bonds. The summed E-state index contributed by atoms with van der Waals surface area (Å²) in [5.41, 5.74) is 1.13. The Hall–Kier alpha value is -2.31. The van der Waals surface area contributed by atoms with Crippen LogP contribution in [0, 0.1) is 0 Å². The van der Waals surface area contributed by atoms with Crippen molar-refractivity contribution in [1.29, 1.82) is 0 Å². The van der Waals surface area contributed by atoms with Crippen LogP contribution >= 0.6 is 23.4 Å². The molecule has 7 heteroatoms. The molecule has 1 N–H and O–H groups in total. The molecular formula is C16H12ClN3O2S. The molecule has 1 aromatic heterocycles. The quantitative estimate of drug-likeness (QED) is 0.711. The molecule has 0 radical (unpaired) electrons. The minimum atomic E-state index is -0.313. The Morgan fingerprint density at radius 2 is 1.87 bits per heavy atom. The summed E-state index contributed by atoms with van der Waals surface area (Å²) in [6.45, 7) is 0. The zero-order chi connectivity index (χ0) is 16.2. The van der Waals surface area contributed by atoms with Gasteiger partial charge in [0.05, 0.1) is 10.6 Å². The number of aromatic nitrogens is 2. The average molecular weight is 346 g/mol. The summed E-state index contributed by atoms with van der Waals surface area (Å²) in [5.74, 6) is -0.0596. The third-order valence-corrected chi connectivity index (χ3v) is 4.18. The summed E-state index contributed by atoms with van der Waals surface area (Å²) in [5, 5.41) is 10.8. The zero-order valence-corrected chi connectivity index (χ0v) is 13.7. The van der Waals surface area contributed by atoms with Crippen LogP contribution in [0.3, 0.4) is 0 Å². The second kappa shape index (κ2) is 6.85. The van der Waals surface area contributed by atoms with E-state index < -0.39 is 0 Å². The van der Waals surface area contributed by atoms with E-state index in [1.54, 1.807) is 36.0 Å². The minimum Gasteiger partial charge on any atom is -0.403 e.